The lowest BCUT2D eigenvalue weighted by atomic mass is 10.2. The molecule has 2 aromatic rings. The van der Waals surface area contributed by atoms with Crippen molar-refractivity contribution >= 4 is 29.3 Å². The first-order valence-electron chi connectivity index (χ1n) is 6.10. The van der Waals surface area contributed by atoms with Crippen molar-refractivity contribution < 1.29 is 19.0 Å². The zero-order chi connectivity index (χ0) is 15.2. The molecule has 0 unspecified atom stereocenters. The van der Waals surface area contributed by atoms with E-state index in [1.165, 1.54) is 42.1 Å². The molecule has 2 rings (SSSR count). The highest BCUT2D eigenvalue weighted by molar-refractivity contribution is 7.99. The Hall–Kier alpha value is -1.72. The predicted octanol–water partition coefficient (Wildman–Crippen LogP) is 4.35. The summed E-state index contributed by atoms with van der Waals surface area (Å²) in [6.45, 7) is 0.411. The highest BCUT2D eigenvalue weighted by Gasteiger charge is 2.07. The van der Waals surface area contributed by atoms with Crippen LogP contribution in [0.3, 0.4) is 0 Å². The molecule has 0 bridgehead atoms. The van der Waals surface area contributed by atoms with Crippen LogP contribution in [-0.2, 0) is 0 Å². The molecule has 3 nitrogen and oxygen atoms in total. The van der Waals surface area contributed by atoms with Crippen LogP contribution in [0.1, 0.15) is 10.4 Å². The summed E-state index contributed by atoms with van der Waals surface area (Å²) >= 11 is 7.48. The fraction of sp³-hybridized carbons (Fsp3) is 0.133. The van der Waals surface area contributed by atoms with Gasteiger partial charge in [-0.3, -0.25) is 0 Å². The summed E-state index contributed by atoms with van der Waals surface area (Å²) in [6.07, 6.45) is 0. The van der Waals surface area contributed by atoms with Crippen LogP contribution in [0.25, 0.3) is 0 Å². The quantitative estimate of drug-likeness (QED) is 0.633. The average molecular weight is 327 g/mol. The number of ether oxygens (including phenoxy) is 1. The summed E-state index contributed by atoms with van der Waals surface area (Å²) in [5, 5.41) is 9.10. The van der Waals surface area contributed by atoms with Gasteiger partial charge in [-0.05, 0) is 42.5 Å². The lowest BCUT2D eigenvalue weighted by Crippen LogP contribution is -2.02. The lowest BCUT2D eigenvalue weighted by molar-refractivity contribution is 0.0697. The van der Waals surface area contributed by atoms with Gasteiger partial charge in [-0.15, -0.1) is 11.8 Å². The monoisotopic (exact) mass is 326 g/mol. The Bertz CT molecular complexity index is 631. The van der Waals surface area contributed by atoms with E-state index in [-0.39, 0.29) is 16.4 Å². The molecular formula is C15H12ClFO3S. The SMILES string of the molecule is O=C(O)c1ccc(OCCSc2ccc(F)cc2)c(Cl)c1. The molecule has 0 aliphatic heterocycles. The highest BCUT2D eigenvalue weighted by Crippen LogP contribution is 2.26. The van der Waals surface area contributed by atoms with E-state index in [0.29, 0.717) is 18.1 Å². The zero-order valence-corrected chi connectivity index (χ0v) is 12.5. The van der Waals surface area contributed by atoms with Gasteiger partial charge in [-0.1, -0.05) is 11.6 Å². The molecule has 0 saturated heterocycles. The van der Waals surface area contributed by atoms with Gasteiger partial charge < -0.3 is 9.84 Å². The first kappa shape index (κ1) is 15.7. The minimum absolute atomic E-state index is 0.119. The molecule has 21 heavy (non-hydrogen) atoms. The molecule has 0 amide bonds. The van der Waals surface area contributed by atoms with Crippen LogP contribution in [0.5, 0.6) is 5.75 Å². The van der Waals surface area contributed by atoms with Crippen molar-refractivity contribution in [1.82, 2.24) is 0 Å². The maximum atomic E-state index is 12.7. The second kappa shape index (κ2) is 7.33. The standard InChI is InChI=1S/C15H12ClFO3S/c16-13-9-10(15(18)19)1-6-14(13)20-7-8-21-12-4-2-11(17)3-5-12/h1-6,9H,7-8H2,(H,18,19). The van der Waals surface area contributed by atoms with Crippen LogP contribution in [0, 0.1) is 5.82 Å². The van der Waals surface area contributed by atoms with Gasteiger partial charge in [0.2, 0.25) is 0 Å². The molecule has 0 heterocycles. The van der Waals surface area contributed by atoms with E-state index in [1.807, 2.05) is 0 Å². The maximum Gasteiger partial charge on any atom is 0.335 e. The fourth-order valence-corrected chi connectivity index (χ4v) is 2.56. The Morgan fingerprint density at radius 2 is 1.95 bits per heavy atom. The van der Waals surface area contributed by atoms with E-state index in [9.17, 15) is 9.18 Å². The number of hydrogen-bond donors (Lipinski definition) is 1. The number of carboxylic acids is 1. The largest absolute Gasteiger partial charge is 0.491 e. The van der Waals surface area contributed by atoms with Gasteiger partial charge in [0.05, 0.1) is 17.2 Å². The summed E-state index contributed by atoms with van der Waals surface area (Å²) in [6, 6.07) is 10.6. The average Bonchev–Trinajstić information content (AvgIpc) is 2.46. The summed E-state index contributed by atoms with van der Waals surface area (Å²) in [7, 11) is 0. The Morgan fingerprint density at radius 1 is 1.24 bits per heavy atom. The van der Waals surface area contributed by atoms with Gasteiger partial charge >= 0.3 is 5.97 Å². The number of hydrogen-bond acceptors (Lipinski definition) is 3. The molecular weight excluding hydrogens is 315 g/mol. The molecule has 110 valence electrons. The van der Waals surface area contributed by atoms with Crippen molar-refractivity contribution in [3.05, 3.63) is 58.9 Å². The number of aromatic carboxylic acids is 1. The van der Waals surface area contributed by atoms with E-state index < -0.39 is 5.97 Å². The van der Waals surface area contributed by atoms with Crippen LogP contribution in [-0.4, -0.2) is 23.4 Å². The first-order valence-corrected chi connectivity index (χ1v) is 7.46. The number of carbonyl (C=O) groups is 1. The topological polar surface area (TPSA) is 46.5 Å². The molecule has 2 aromatic carbocycles. The third kappa shape index (κ3) is 4.65. The maximum absolute atomic E-state index is 12.7. The van der Waals surface area contributed by atoms with Gasteiger partial charge in [0.25, 0.3) is 0 Å². The molecule has 0 aromatic heterocycles. The Labute approximate surface area is 130 Å². The predicted molar refractivity (Wildman–Crippen MR) is 81.0 cm³/mol. The molecule has 1 N–H and O–H groups in total. The normalized spacial score (nSPS) is 10.4. The van der Waals surface area contributed by atoms with Crippen LogP contribution >= 0.6 is 23.4 Å². The smallest absolute Gasteiger partial charge is 0.335 e. The van der Waals surface area contributed by atoms with Gasteiger partial charge in [0.1, 0.15) is 11.6 Å². The molecule has 0 aliphatic rings. The number of carboxylic acid groups (broad SMARTS) is 1. The van der Waals surface area contributed by atoms with E-state index in [1.54, 1.807) is 12.1 Å². The minimum atomic E-state index is -1.03. The highest BCUT2D eigenvalue weighted by atomic mass is 35.5. The van der Waals surface area contributed by atoms with Gasteiger partial charge in [-0.25, -0.2) is 9.18 Å². The lowest BCUT2D eigenvalue weighted by Gasteiger charge is -2.08. The van der Waals surface area contributed by atoms with Crippen LogP contribution in [0.15, 0.2) is 47.4 Å². The Kier molecular flexibility index (Phi) is 5.47. The van der Waals surface area contributed by atoms with E-state index in [4.69, 9.17) is 21.4 Å². The van der Waals surface area contributed by atoms with Crippen molar-refractivity contribution in [1.29, 1.82) is 0 Å². The molecule has 0 aliphatic carbocycles. The molecule has 0 spiro atoms. The van der Waals surface area contributed by atoms with Crippen LogP contribution in [0.2, 0.25) is 5.02 Å². The van der Waals surface area contributed by atoms with Crippen LogP contribution < -0.4 is 4.74 Å². The second-order valence-corrected chi connectivity index (χ2v) is 5.68. The second-order valence-electron chi connectivity index (χ2n) is 4.10. The van der Waals surface area contributed by atoms with E-state index in [0.717, 1.165) is 4.90 Å². The van der Waals surface area contributed by atoms with Crippen LogP contribution in [0.4, 0.5) is 4.39 Å². The molecule has 0 radical (unpaired) electrons. The Balaban J connectivity index is 1.83. The molecule has 6 heteroatoms. The summed E-state index contributed by atoms with van der Waals surface area (Å²) in [4.78, 5) is 11.7. The Morgan fingerprint density at radius 3 is 2.57 bits per heavy atom. The summed E-state index contributed by atoms with van der Waals surface area (Å²) in [5.74, 6) is -0.180. The third-order valence-corrected chi connectivity index (χ3v) is 3.87. The summed E-state index contributed by atoms with van der Waals surface area (Å²) in [5.41, 5.74) is 0.119. The van der Waals surface area contributed by atoms with Crippen molar-refractivity contribution in [3.8, 4) is 5.75 Å². The van der Waals surface area contributed by atoms with Gasteiger partial charge in [-0.2, -0.15) is 0 Å². The van der Waals surface area contributed by atoms with Crippen molar-refractivity contribution in [2.45, 2.75) is 4.90 Å². The molecule has 0 saturated carbocycles. The number of rotatable bonds is 6. The number of halogens is 2. The van der Waals surface area contributed by atoms with Crippen molar-refractivity contribution in [3.63, 3.8) is 0 Å². The number of thioether (sulfide) groups is 1. The molecule has 0 atom stereocenters. The van der Waals surface area contributed by atoms with Gasteiger partial charge in [0.15, 0.2) is 0 Å². The fourth-order valence-electron chi connectivity index (χ4n) is 1.59. The molecule has 0 fully saturated rings. The van der Waals surface area contributed by atoms with E-state index >= 15 is 0 Å². The van der Waals surface area contributed by atoms with E-state index in [2.05, 4.69) is 0 Å². The third-order valence-electron chi connectivity index (χ3n) is 2.60. The van der Waals surface area contributed by atoms with Gasteiger partial charge in [0, 0.05) is 10.6 Å². The van der Waals surface area contributed by atoms with Crippen molar-refractivity contribution in [2.24, 2.45) is 0 Å². The first-order chi connectivity index (χ1) is 10.1. The summed E-state index contributed by atoms with van der Waals surface area (Å²) < 4.78 is 18.2. The van der Waals surface area contributed by atoms with Crippen molar-refractivity contribution in [2.75, 3.05) is 12.4 Å². The number of benzene rings is 2. The minimum Gasteiger partial charge on any atom is -0.491 e. The zero-order valence-electron chi connectivity index (χ0n) is 10.9.